The van der Waals surface area contributed by atoms with E-state index in [1.807, 2.05) is 0 Å². The number of halogens is 3. The Bertz CT molecular complexity index is 464. The molecular formula is C15H18F3NO. The Hall–Kier alpha value is -1.36. The quantitative estimate of drug-likeness (QED) is 0.920. The molecule has 1 N–H and O–H groups in total. The summed E-state index contributed by atoms with van der Waals surface area (Å²) in [6.45, 7) is 1.84. The fourth-order valence-electron chi connectivity index (χ4n) is 2.57. The van der Waals surface area contributed by atoms with Crippen LogP contribution in [-0.4, -0.2) is 18.9 Å². The summed E-state index contributed by atoms with van der Waals surface area (Å²) >= 11 is 0. The predicted molar refractivity (Wildman–Crippen MR) is 70.4 cm³/mol. The van der Waals surface area contributed by atoms with Crippen LogP contribution in [0.2, 0.25) is 0 Å². The lowest BCUT2D eigenvalue weighted by atomic mass is 9.91. The van der Waals surface area contributed by atoms with E-state index in [-0.39, 0.29) is 12.2 Å². The van der Waals surface area contributed by atoms with Crippen molar-refractivity contribution in [1.29, 1.82) is 0 Å². The minimum Gasteiger partial charge on any atom is -0.317 e. The van der Waals surface area contributed by atoms with Gasteiger partial charge in [-0.2, -0.15) is 13.2 Å². The van der Waals surface area contributed by atoms with Crippen LogP contribution < -0.4 is 5.32 Å². The van der Waals surface area contributed by atoms with Gasteiger partial charge >= 0.3 is 6.18 Å². The normalized spacial score (nSPS) is 17.1. The van der Waals surface area contributed by atoms with Crippen molar-refractivity contribution in [1.82, 2.24) is 5.32 Å². The molecule has 0 aromatic heterocycles. The monoisotopic (exact) mass is 285 g/mol. The molecule has 1 aliphatic heterocycles. The van der Waals surface area contributed by atoms with Crippen molar-refractivity contribution < 1.29 is 18.0 Å². The molecule has 0 radical (unpaired) electrons. The van der Waals surface area contributed by atoms with Crippen LogP contribution in [0.25, 0.3) is 0 Å². The van der Waals surface area contributed by atoms with Gasteiger partial charge in [0.2, 0.25) is 0 Å². The minimum absolute atomic E-state index is 0.0243. The second kappa shape index (κ2) is 6.39. The lowest BCUT2D eigenvalue weighted by molar-refractivity contribution is -0.137. The first kappa shape index (κ1) is 15.0. The maximum absolute atomic E-state index is 12.6. The lowest BCUT2D eigenvalue weighted by Gasteiger charge is -2.21. The van der Waals surface area contributed by atoms with E-state index >= 15 is 0 Å². The highest BCUT2D eigenvalue weighted by Gasteiger charge is 2.30. The molecule has 5 heteroatoms. The van der Waals surface area contributed by atoms with Crippen molar-refractivity contribution in [2.24, 2.45) is 5.92 Å². The number of ketones is 1. The van der Waals surface area contributed by atoms with Crippen LogP contribution in [0.1, 0.15) is 30.4 Å². The second-order valence-corrected chi connectivity index (χ2v) is 5.31. The van der Waals surface area contributed by atoms with Crippen LogP contribution in [0.4, 0.5) is 13.2 Å². The molecule has 0 bridgehead atoms. The highest BCUT2D eigenvalue weighted by atomic mass is 19.4. The van der Waals surface area contributed by atoms with Crippen molar-refractivity contribution in [3.63, 3.8) is 0 Å². The molecule has 0 aliphatic carbocycles. The minimum atomic E-state index is -4.35. The molecule has 0 spiro atoms. The summed E-state index contributed by atoms with van der Waals surface area (Å²) in [5.74, 6) is 0.394. The maximum atomic E-state index is 12.6. The maximum Gasteiger partial charge on any atom is 0.416 e. The SMILES string of the molecule is O=C(Cc1cccc(C(F)(F)F)c1)CC1CCNCC1. The van der Waals surface area contributed by atoms with Crippen LogP contribution in [-0.2, 0) is 17.4 Å². The Morgan fingerprint density at radius 2 is 1.95 bits per heavy atom. The number of rotatable bonds is 4. The number of alkyl halides is 3. The molecule has 1 saturated heterocycles. The molecular weight excluding hydrogens is 267 g/mol. The summed E-state index contributed by atoms with van der Waals surface area (Å²) in [5, 5.41) is 3.23. The third kappa shape index (κ3) is 4.34. The molecule has 1 fully saturated rings. The Morgan fingerprint density at radius 3 is 2.60 bits per heavy atom. The van der Waals surface area contributed by atoms with Gasteiger partial charge in [0.25, 0.3) is 0 Å². The van der Waals surface area contributed by atoms with Crippen molar-refractivity contribution in [3.05, 3.63) is 35.4 Å². The van der Waals surface area contributed by atoms with Crippen molar-refractivity contribution in [3.8, 4) is 0 Å². The van der Waals surface area contributed by atoms with Gasteiger partial charge in [0.15, 0.2) is 0 Å². The standard InChI is InChI=1S/C15H18F3NO/c16-15(17,18)13-3-1-2-12(8-13)10-14(20)9-11-4-6-19-7-5-11/h1-3,8,11,19H,4-7,9-10H2. The Kier molecular flexibility index (Phi) is 4.81. The first-order valence-electron chi connectivity index (χ1n) is 6.83. The third-order valence-electron chi connectivity index (χ3n) is 3.63. The van der Waals surface area contributed by atoms with E-state index in [1.165, 1.54) is 6.07 Å². The van der Waals surface area contributed by atoms with Crippen LogP contribution in [0.3, 0.4) is 0 Å². The average molecular weight is 285 g/mol. The molecule has 0 unspecified atom stereocenters. The number of Topliss-reactive ketones (excluding diaryl/α,β-unsaturated/α-hetero) is 1. The fourth-order valence-corrected chi connectivity index (χ4v) is 2.57. The van der Waals surface area contributed by atoms with Gasteiger partial charge in [-0.05, 0) is 43.5 Å². The summed E-state index contributed by atoms with van der Waals surface area (Å²) in [4.78, 5) is 11.9. The van der Waals surface area contributed by atoms with E-state index in [0.717, 1.165) is 38.1 Å². The number of carbonyl (C=O) groups is 1. The van der Waals surface area contributed by atoms with E-state index in [4.69, 9.17) is 0 Å². The fraction of sp³-hybridized carbons (Fsp3) is 0.533. The molecule has 1 aromatic rings. The van der Waals surface area contributed by atoms with Gasteiger partial charge in [-0.25, -0.2) is 0 Å². The summed E-state index contributed by atoms with van der Waals surface area (Å²) in [7, 11) is 0. The van der Waals surface area contributed by atoms with Crippen molar-refractivity contribution in [2.45, 2.75) is 31.9 Å². The van der Waals surface area contributed by atoms with Crippen molar-refractivity contribution >= 4 is 5.78 Å². The van der Waals surface area contributed by atoms with Crippen LogP contribution >= 0.6 is 0 Å². The van der Waals surface area contributed by atoms with Gasteiger partial charge < -0.3 is 5.32 Å². The number of nitrogens with one attached hydrogen (secondary N) is 1. The Balaban J connectivity index is 1.93. The number of hydrogen-bond acceptors (Lipinski definition) is 2. The predicted octanol–water partition coefficient (Wildman–Crippen LogP) is 3.21. The summed E-state index contributed by atoms with van der Waals surface area (Å²) in [6, 6.07) is 5.03. The van der Waals surface area contributed by atoms with Gasteiger partial charge in [0.05, 0.1) is 5.56 Å². The molecule has 1 aromatic carbocycles. The molecule has 0 atom stereocenters. The average Bonchev–Trinajstić information content (AvgIpc) is 2.39. The molecule has 1 heterocycles. The lowest BCUT2D eigenvalue weighted by Crippen LogP contribution is -2.29. The summed E-state index contributed by atoms with van der Waals surface area (Å²) in [6.07, 6.45) is -1.86. The smallest absolute Gasteiger partial charge is 0.317 e. The first-order chi connectivity index (χ1) is 9.45. The zero-order valence-electron chi connectivity index (χ0n) is 11.2. The first-order valence-corrected chi connectivity index (χ1v) is 6.83. The number of piperidine rings is 1. The topological polar surface area (TPSA) is 29.1 Å². The molecule has 1 aliphatic rings. The Morgan fingerprint density at radius 1 is 1.25 bits per heavy atom. The zero-order chi connectivity index (χ0) is 14.6. The number of carbonyl (C=O) groups excluding carboxylic acids is 1. The van der Waals surface area contributed by atoms with Gasteiger partial charge in [-0.1, -0.05) is 18.2 Å². The van der Waals surface area contributed by atoms with Crippen LogP contribution in [0.5, 0.6) is 0 Å². The molecule has 2 rings (SSSR count). The largest absolute Gasteiger partial charge is 0.416 e. The number of benzene rings is 1. The highest BCUT2D eigenvalue weighted by Crippen LogP contribution is 2.29. The van der Waals surface area contributed by atoms with E-state index in [0.29, 0.717) is 17.9 Å². The van der Waals surface area contributed by atoms with E-state index in [2.05, 4.69) is 5.32 Å². The van der Waals surface area contributed by atoms with Gasteiger partial charge in [-0.3, -0.25) is 4.79 Å². The molecule has 0 saturated carbocycles. The third-order valence-corrected chi connectivity index (χ3v) is 3.63. The van der Waals surface area contributed by atoms with Gasteiger partial charge in [0, 0.05) is 12.8 Å². The highest BCUT2D eigenvalue weighted by molar-refractivity contribution is 5.81. The van der Waals surface area contributed by atoms with Gasteiger partial charge in [-0.15, -0.1) is 0 Å². The van der Waals surface area contributed by atoms with Crippen LogP contribution in [0.15, 0.2) is 24.3 Å². The van der Waals surface area contributed by atoms with E-state index < -0.39 is 11.7 Å². The molecule has 0 amide bonds. The Labute approximate surface area is 116 Å². The summed E-state index contributed by atoms with van der Waals surface area (Å²) < 4.78 is 37.8. The van der Waals surface area contributed by atoms with E-state index in [1.54, 1.807) is 6.07 Å². The van der Waals surface area contributed by atoms with Crippen molar-refractivity contribution in [2.75, 3.05) is 13.1 Å². The molecule has 2 nitrogen and oxygen atoms in total. The van der Waals surface area contributed by atoms with Gasteiger partial charge in [0.1, 0.15) is 5.78 Å². The second-order valence-electron chi connectivity index (χ2n) is 5.31. The van der Waals surface area contributed by atoms with Crippen LogP contribution in [0, 0.1) is 5.92 Å². The zero-order valence-corrected chi connectivity index (χ0v) is 11.2. The number of hydrogen-bond donors (Lipinski definition) is 1. The summed E-state index contributed by atoms with van der Waals surface area (Å²) in [5.41, 5.74) is -0.247. The van der Waals surface area contributed by atoms with E-state index in [9.17, 15) is 18.0 Å². The molecule has 110 valence electrons. The molecule has 20 heavy (non-hydrogen) atoms.